The van der Waals surface area contributed by atoms with Gasteiger partial charge in [-0.1, -0.05) is 60.7 Å². The van der Waals surface area contributed by atoms with Crippen LogP contribution in [0.15, 0.2) is 121 Å². The van der Waals surface area contributed by atoms with Gasteiger partial charge in [-0.25, -0.2) is 15.0 Å². The average Bonchev–Trinajstić information content (AvgIpc) is 3.21. The lowest BCUT2D eigenvalue weighted by Crippen LogP contribution is -2.11. The van der Waals surface area contributed by atoms with Crippen molar-refractivity contribution in [3.63, 3.8) is 0 Å². The second-order valence-electron chi connectivity index (χ2n) is 12.8. The molecule has 2 aromatic heterocycles. The normalized spacial score (nSPS) is 11.7. The maximum Gasteiger partial charge on any atom is 0.416 e. The lowest BCUT2D eigenvalue weighted by atomic mass is 9.92. The number of rotatable bonds is 4. The van der Waals surface area contributed by atoms with Crippen molar-refractivity contribution in [2.24, 2.45) is 0 Å². The molecule has 0 atom stereocenters. The Kier molecular flexibility index (Phi) is 8.44. The van der Waals surface area contributed by atoms with Crippen molar-refractivity contribution in [1.82, 2.24) is 15.0 Å². The lowest BCUT2D eigenvalue weighted by molar-refractivity contribution is -0.143. The summed E-state index contributed by atoms with van der Waals surface area (Å²) in [5, 5.41) is 30.9. The van der Waals surface area contributed by atoms with Gasteiger partial charge in [-0.3, -0.25) is 0 Å². The molecule has 268 valence electrons. The zero-order valence-corrected chi connectivity index (χ0v) is 28.5. The SMILES string of the molecule is N#Cc1ccc(-c2nc3cc(C#N)c4c(-c5cccc(-c6cc(C(F)(F)F)cc(C(F)(F)F)c6)c5)nc5ccccc5c4c3nc2-c2ccc(C#N)cc2)cc1. The predicted octanol–water partition coefficient (Wildman–Crippen LogP) is 11.7. The number of para-hydroxylation sites is 1. The van der Waals surface area contributed by atoms with Crippen LogP contribution in [0.25, 0.3) is 77.6 Å². The van der Waals surface area contributed by atoms with Gasteiger partial charge in [0, 0.05) is 32.8 Å². The summed E-state index contributed by atoms with van der Waals surface area (Å²) in [5.74, 6) is 0. The summed E-state index contributed by atoms with van der Waals surface area (Å²) in [6, 6.07) is 36.0. The van der Waals surface area contributed by atoms with Crippen LogP contribution in [0.2, 0.25) is 0 Å². The minimum Gasteiger partial charge on any atom is -0.247 e. The number of pyridine rings is 1. The Bertz CT molecular complexity index is 2990. The largest absolute Gasteiger partial charge is 0.416 e. The lowest BCUT2D eigenvalue weighted by Gasteiger charge is -2.17. The minimum absolute atomic E-state index is 0.0662. The van der Waals surface area contributed by atoms with Gasteiger partial charge < -0.3 is 0 Å². The second-order valence-corrected chi connectivity index (χ2v) is 12.8. The third kappa shape index (κ3) is 6.27. The summed E-state index contributed by atoms with van der Waals surface area (Å²) >= 11 is 0. The number of nitrogens with zero attached hydrogens (tertiary/aromatic N) is 6. The summed E-state index contributed by atoms with van der Waals surface area (Å²) < 4.78 is 82.9. The molecule has 0 fully saturated rings. The van der Waals surface area contributed by atoms with E-state index in [9.17, 15) is 42.1 Å². The fourth-order valence-electron chi connectivity index (χ4n) is 6.73. The number of benzene rings is 6. The number of hydrogen-bond acceptors (Lipinski definition) is 6. The highest BCUT2D eigenvalue weighted by atomic mass is 19.4. The molecule has 0 saturated heterocycles. The molecule has 0 amide bonds. The first-order valence-electron chi connectivity index (χ1n) is 16.7. The molecule has 0 spiro atoms. The quantitative estimate of drug-likeness (QED) is 0.131. The Morgan fingerprint density at radius 2 is 0.982 bits per heavy atom. The Morgan fingerprint density at radius 3 is 1.55 bits per heavy atom. The third-order valence-electron chi connectivity index (χ3n) is 9.35. The maximum atomic E-state index is 13.8. The van der Waals surface area contributed by atoms with E-state index in [2.05, 4.69) is 18.2 Å². The van der Waals surface area contributed by atoms with Gasteiger partial charge in [0.1, 0.15) is 0 Å². The molecule has 6 aromatic carbocycles. The van der Waals surface area contributed by atoms with Crippen LogP contribution in [-0.2, 0) is 12.4 Å². The monoisotopic (exact) mass is 746 g/mol. The van der Waals surface area contributed by atoms with Crippen molar-refractivity contribution >= 4 is 32.7 Å². The summed E-state index contributed by atoms with van der Waals surface area (Å²) in [4.78, 5) is 15.1. The Morgan fingerprint density at radius 1 is 0.429 bits per heavy atom. The molecule has 8 rings (SSSR count). The highest BCUT2D eigenvalue weighted by Gasteiger charge is 2.37. The first-order chi connectivity index (χ1) is 26.9. The average molecular weight is 747 g/mol. The van der Waals surface area contributed by atoms with Crippen molar-refractivity contribution in [3.8, 4) is 63.1 Å². The van der Waals surface area contributed by atoms with Gasteiger partial charge in [-0.05, 0) is 71.8 Å². The molecular formula is C44H20F6N6. The minimum atomic E-state index is -5.04. The predicted molar refractivity (Wildman–Crippen MR) is 198 cm³/mol. The van der Waals surface area contributed by atoms with E-state index in [4.69, 9.17) is 15.0 Å². The zero-order valence-electron chi connectivity index (χ0n) is 28.5. The van der Waals surface area contributed by atoms with Gasteiger partial charge in [0.2, 0.25) is 0 Å². The van der Waals surface area contributed by atoms with Crippen molar-refractivity contribution in [2.75, 3.05) is 0 Å². The number of fused-ring (bicyclic) bond motifs is 5. The summed E-state index contributed by atoms with van der Waals surface area (Å²) in [7, 11) is 0. The number of alkyl halides is 6. The standard InChI is InChI=1S/C44H20F6N6/c45-43(46,47)32-17-30(18-33(20-32)44(48,49)50)28-4-3-5-29(16-28)39-37-31(23-53)19-36-42(38(37)34-6-1-2-7-35(34)54-39)56-41(27-14-10-25(22-52)11-15-27)40(55-36)26-12-8-24(21-51)9-13-26/h1-20H. The molecule has 0 N–H and O–H groups in total. The molecular weight excluding hydrogens is 727 g/mol. The van der Waals surface area contributed by atoms with Gasteiger partial charge in [0.15, 0.2) is 0 Å². The van der Waals surface area contributed by atoms with Gasteiger partial charge in [0.25, 0.3) is 0 Å². The number of halogens is 6. The van der Waals surface area contributed by atoms with E-state index in [0.717, 1.165) is 0 Å². The number of aromatic nitrogens is 3. The smallest absolute Gasteiger partial charge is 0.247 e. The maximum absolute atomic E-state index is 13.8. The molecule has 0 saturated carbocycles. The molecule has 0 bridgehead atoms. The second kappa shape index (κ2) is 13.3. The van der Waals surface area contributed by atoms with Gasteiger partial charge in [-0.2, -0.15) is 42.1 Å². The van der Waals surface area contributed by atoms with E-state index in [0.29, 0.717) is 84.0 Å². The fraction of sp³-hybridized carbons (Fsp3) is 0.0455. The van der Waals surface area contributed by atoms with Gasteiger partial charge in [-0.15, -0.1) is 0 Å². The summed E-state index contributed by atoms with van der Waals surface area (Å²) in [5.41, 5.74) is 1.82. The molecule has 12 heteroatoms. The molecule has 0 aliphatic rings. The van der Waals surface area contributed by atoms with E-state index in [-0.39, 0.29) is 28.5 Å². The van der Waals surface area contributed by atoms with E-state index < -0.39 is 23.5 Å². The van der Waals surface area contributed by atoms with E-state index >= 15 is 0 Å². The first-order valence-corrected chi connectivity index (χ1v) is 16.7. The van der Waals surface area contributed by atoms with Crippen molar-refractivity contribution in [2.45, 2.75) is 12.4 Å². The molecule has 56 heavy (non-hydrogen) atoms. The molecule has 0 unspecified atom stereocenters. The Labute approximate surface area is 313 Å². The van der Waals surface area contributed by atoms with Gasteiger partial charge >= 0.3 is 12.4 Å². The fourth-order valence-corrected chi connectivity index (χ4v) is 6.73. The van der Waals surface area contributed by atoms with Crippen molar-refractivity contribution in [3.05, 3.63) is 149 Å². The van der Waals surface area contributed by atoms with Crippen LogP contribution in [0.4, 0.5) is 26.3 Å². The van der Waals surface area contributed by atoms with E-state index in [1.807, 2.05) is 6.07 Å². The molecule has 8 aromatic rings. The van der Waals surface area contributed by atoms with E-state index in [1.54, 1.807) is 78.9 Å². The highest BCUT2D eigenvalue weighted by Crippen LogP contribution is 2.43. The van der Waals surface area contributed by atoms with Crippen LogP contribution >= 0.6 is 0 Å². The van der Waals surface area contributed by atoms with Crippen LogP contribution in [-0.4, -0.2) is 15.0 Å². The molecule has 0 aliphatic carbocycles. The van der Waals surface area contributed by atoms with Crippen LogP contribution in [0.1, 0.15) is 27.8 Å². The number of hydrogen-bond donors (Lipinski definition) is 0. The van der Waals surface area contributed by atoms with Crippen molar-refractivity contribution < 1.29 is 26.3 Å². The van der Waals surface area contributed by atoms with E-state index in [1.165, 1.54) is 18.2 Å². The highest BCUT2D eigenvalue weighted by molar-refractivity contribution is 6.23. The van der Waals surface area contributed by atoms with Crippen LogP contribution < -0.4 is 0 Å². The Hall–Kier alpha value is -7.62. The first kappa shape index (κ1) is 35.4. The molecule has 0 radical (unpaired) electrons. The summed E-state index contributed by atoms with van der Waals surface area (Å²) in [6.07, 6.45) is -10.1. The molecule has 0 aliphatic heterocycles. The summed E-state index contributed by atoms with van der Waals surface area (Å²) in [6.45, 7) is 0. The Balaban J connectivity index is 1.44. The van der Waals surface area contributed by atoms with Gasteiger partial charge in [0.05, 0.1) is 79.7 Å². The molecule has 2 heterocycles. The van der Waals surface area contributed by atoms with Crippen molar-refractivity contribution in [1.29, 1.82) is 15.8 Å². The van der Waals surface area contributed by atoms with Crippen LogP contribution in [0.5, 0.6) is 0 Å². The van der Waals surface area contributed by atoms with Crippen LogP contribution in [0.3, 0.4) is 0 Å². The third-order valence-corrected chi connectivity index (χ3v) is 9.35. The zero-order chi connectivity index (χ0) is 39.4. The topological polar surface area (TPSA) is 110 Å². The number of nitriles is 3. The molecule has 6 nitrogen and oxygen atoms in total. The van der Waals surface area contributed by atoms with Crippen LogP contribution in [0, 0.1) is 34.0 Å².